The van der Waals surface area contributed by atoms with Crippen molar-refractivity contribution in [3.05, 3.63) is 24.5 Å². The first-order chi connectivity index (χ1) is 8.63. The van der Waals surface area contributed by atoms with Gasteiger partial charge in [-0.1, -0.05) is 28.8 Å². The van der Waals surface area contributed by atoms with E-state index in [1.54, 1.807) is 18.3 Å². The summed E-state index contributed by atoms with van der Waals surface area (Å²) >= 11 is 3.47. The highest BCUT2D eigenvalue weighted by molar-refractivity contribution is 9.09. The molecule has 0 spiro atoms. The van der Waals surface area contributed by atoms with E-state index in [0.717, 1.165) is 24.6 Å². The summed E-state index contributed by atoms with van der Waals surface area (Å²) in [6, 6.07) is 3.24. The van der Waals surface area contributed by atoms with Gasteiger partial charge in [0.25, 0.3) is 0 Å². The van der Waals surface area contributed by atoms with E-state index in [4.69, 9.17) is 0 Å². The number of rotatable bonds is 4. The van der Waals surface area contributed by atoms with Crippen LogP contribution >= 0.6 is 15.9 Å². The van der Waals surface area contributed by atoms with Crippen molar-refractivity contribution in [2.75, 3.05) is 5.33 Å². The average Bonchev–Trinajstić information content (AvgIpc) is 2.40. The molecule has 6 heteroatoms. The second kappa shape index (κ2) is 6.12. The fourth-order valence-corrected chi connectivity index (χ4v) is 4.40. The molecule has 4 nitrogen and oxygen atoms in total. The van der Waals surface area contributed by atoms with Gasteiger partial charge in [0.05, 0.1) is 0 Å². The standard InChI is InChI=1S/C12H17BrN2O2S/c13-8-10-4-1-2-6-12(10)15-18(16,17)11-5-3-7-14-9-11/h3,5,7,9-10,12,15H,1-2,4,6,8H2. The Labute approximate surface area is 116 Å². The van der Waals surface area contributed by atoms with E-state index in [-0.39, 0.29) is 10.9 Å². The number of alkyl halides is 1. The molecule has 2 atom stereocenters. The van der Waals surface area contributed by atoms with Crippen LogP contribution in [0.3, 0.4) is 0 Å². The molecule has 0 saturated heterocycles. The summed E-state index contributed by atoms with van der Waals surface area (Å²) in [6.45, 7) is 0. The lowest BCUT2D eigenvalue weighted by Gasteiger charge is -2.30. The zero-order valence-electron chi connectivity index (χ0n) is 10.0. The third-order valence-electron chi connectivity index (χ3n) is 3.36. The molecule has 1 saturated carbocycles. The Hall–Kier alpha value is -0.460. The highest BCUT2D eigenvalue weighted by Crippen LogP contribution is 2.27. The minimum Gasteiger partial charge on any atom is -0.263 e. The van der Waals surface area contributed by atoms with Crippen molar-refractivity contribution in [3.63, 3.8) is 0 Å². The van der Waals surface area contributed by atoms with Crippen LogP contribution < -0.4 is 4.72 Å². The number of hydrogen-bond acceptors (Lipinski definition) is 3. The van der Waals surface area contributed by atoms with Crippen molar-refractivity contribution in [3.8, 4) is 0 Å². The van der Waals surface area contributed by atoms with Crippen molar-refractivity contribution < 1.29 is 8.42 Å². The Kier molecular flexibility index (Phi) is 4.75. The molecule has 2 rings (SSSR count). The van der Waals surface area contributed by atoms with E-state index < -0.39 is 10.0 Å². The van der Waals surface area contributed by atoms with Crippen LogP contribution in [0.4, 0.5) is 0 Å². The number of hydrogen-bond donors (Lipinski definition) is 1. The number of aromatic nitrogens is 1. The lowest BCUT2D eigenvalue weighted by Crippen LogP contribution is -2.42. The third kappa shape index (κ3) is 3.30. The van der Waals surface area contributed by atoms with Crippen LogP contribution in [-0.2, 0) is 10.0 Å². The van der Waals surface area contributed by atoms with Gasteiger partial charge in [0.15, 0.2) is 0 Å². The van der Waals surface area contributed by atoms with Gasteiger partial charge >= 0.3 is 0 Å². The molecule has 0 amide bonds. The average molecular weight is 333 g/mol. The summed E-state index contributed by atoms with van der Waals surface area (Å²) in [6.07, 6.45) is 7.21. The fraction of sp³-hybridized carbons (Fsp3) is 0.583. The zero-order chi connectivity index (χ0) is 13.0. The molecule has 1 fully saturated rings. The van der Waals surface area contributed by atoms with Gasteiger partial charge in [0, 0.05) is 23.8 Å². The molecule has 2 unspecified atom stereocenters. The third-order valence-corrected chi connectivity index (χ3v) is 5.67. The monoisotopic (exact) mass is 332 g/mol. The number of sulfonamides is 1. The van der Waals surface area contributed by atoms with Crippen LogP contribution in [0.1, 0.15) is 25.7 Å². The summed E-state index contributed by atoms with van der Waals surface area (Å²) in [4.78, 5) is 4.09. The van der Waals surface area contributed by atoms with Crippen molar-refractivity contribution >= 4 is 26.0 Å². The molecule has 1 aromatic heterocycles. The molecule has 1 aliphatic carbocycles. The van der Waals surface area contributed by atoms with Gasteiger partial charge in [-0.15, -0.1) is 0 Å². The summed E-state index contributed by atoms with van der Waals surface area (Å²) in [5.74, 6) is 0.380. The van der Waals surface area contributed by atoms with E-state index in [9.17, 15) is 8.42 Å². The van der Waals surface area contributed by atoms with E-state index in [1.807, 2.05) is 0 Å². The molecule has 18 heavy (non-hydrogen) atoms. The number of pyridine rings is 1. The van der Waals surface area contributed by atoms with Gasteiger partial charge in [0.2, 0.25) is 10.0 Å². The summed E-state index contributed by atoms with van der Waals surface area (Å²) in [5.41, 5.74) is 0. The molecule has 0 radical (unpaired) electrons. The second-order valence-corrected chi connectivity index (χ2v) is 6.98. The molecule has 0 bridgehead atoms. The van der Waals surface area contributed by atoms with Crippen LogP contribution in [0.25, 0.3) is 0 Å². The molecule has 1 N–H and O–H groups in total. The Balaban J connectivity index is 2.12. The second-order valence-electron chi connectivity index (χ2n) is 4.62. The molecular formula is C12H17BrN2O2S. The van der Waals surface area contributed by atoms with Crippen LogP contribution in [0.5, 0.6) is 0 Å². The van der Waals surface area contributed by atoms with Gasteiger partial charge in [-0.25, -0.2) is 13.1 Å². The van der Waals surface area contributed by atoms with Gasteiger partial charge in [-0.05, 0) is 30.9 Å². The normalized spacial score (nSPS) is 24.9. The zero-order valence-corrected chi connectivity index (χ0v) is 12.5. The van der Waals surface area contributed by atoms with Crippen molar-refractivity contribution in [2.45, 2.75) is 36.6 Å². The molecular weight excluding hydrogens is 316 g/mol. The lowest BCUT2D eigenvalue weighted by molar-refractivity contribution is 0.316. The Morgan fingerprint density at radius 1 is 1.39 bits per heavy atom. The van der Waals surface area contributed by atoms with E-state index in [0.29, 0.717) is 5.92 Å². The Morgan fingerprint density at radius 3 is 2.83 bits per heavy atom. The van der Waals surface area contributed by atoms with E-state index in [2.05, 4.69) is 25.6 Å². The van der Waals surface area contributed by atoms with E-state index in [1.165, 1.54) is 12.6 Å². The summed E-state index contributed by atoms with van der Waals surface area (Å²) in [7, 11) is -3.44. The molecule has 100 valence electrons. The molecule has 1 heterocycles. The van der Waals surface area contributed by atoms with Crippen LogP contribution in [-0.4, -0.2) is 24.8 Å². The number of halogens is 1. The first-order valence-electron chi connectivity index (χ1n) is 6.12. The quantitative estimate of drug-likeness (QED) is 0.861. The Morgan fingerprint density at radius 2 is 2.17 bits per heavy atom. The number of nitrogens with zero attached hydrogens (tertiary/aromatic N) is 1. The van der Waals surface area contributed by atoms with Gasteiger partial charge < -0.3 is 0 Å². The molecule has 1 aliphatic rings. The minimum absolute atomic E-state index is 0.0309. The van der Waals surface area contributed by atoms with Crippen LogP contribution in [0.2, 0.25) is 0 Å². The SMILES string of the molecule is O=S(=O)(NC1CCCCC1CBr)c1cccnc1. The molecule has 0 aliphatic heterocycles. The highest BCUT2D eigenvalue weighted by atomic mass is 79.9. The smallest absolute Gasteiger partial charge is 0.242 e. The molecule has 0 aromatic carbocycles. The largest absolute Gasteiger partial charge is 0.263 e. The summed E-state index contributed by atoms with van der Waals surface area (Å²) < 4.78 is 27.2. The lowest BCUT2D eigenvalue weighted by atomic mass is 9.87. The van der Waals surface area contributed by atoms with Gasteiger partial charge in [-0.2, -0.15) is 0 Å². The van der Waals surface area contributed by atoms with Gasteiger partial charge in [0.1, 0.15) is 4.90 Å². The topological polar surface area (TPSA) is 59.1 Å². The van der Waals surface area contributed by atoms with Crippen molar-refractivity contribution in [1.82, 2.24) is 9.71 Å². The maximum Gasteiger partial charge on any atom is 0.242 e. The first-order valence-corrected chi connectivity index (χ1v) is 8.72. The minimum atomic E-state index is -3.44. The van der Waals surface area contributed by atoms with Crippen LogP contribution in [0.15, 0.2) is 29.4 Å². The first kappa shape index (κ1) is 14.0. The highest BCUT2D eigenvalue weighted by Gasteiger charge is 2.28. The van der Waals surface area contributed by atoms with Crippen LogP contribution in [0, 0.1) is 5.92 Å². The maximum absolute atomic E-state index is 12.2. The van der Waals surface area contributed by atoms with E-state index >= 15 is 0 Å². The summed E-state index contributed by atoms with van der Waals surface area (Å²) in [5, 5.41) is 0.841. The van der Waals surface area contributed by atoms with Crippen molar-refractivity contribution in [2.24, 2.45) is 5.92 Å². The van der Waals surface area contributed by atoms with Crippen molar-refractivity contribution in [1.29, 1.82) is 0 Å². The van der Waals surface area contributed by atoms with Gasteiger partial charge in [-0.3, -0.25) is 4.98 Å². The predicted octanol–water partition coefficient (Wildman–Crippen LogP) is 2.31. The predicted molar refractivity (Wildman–Crippen MR) is 74.1 cm³/mol. The Bertz CT molecular complexity index is 478. The fourth-order valence-electron chi connectivity index (χ4n) is 2.32. The number of nitrogens with one attached hydrogen (secondary N) is 1. The molecule has 1 aromatic rings. The maximum atomic E-state index is 12.2.